The standard InChI is InChI=1S/C22H28N2O/c1-16-13-18(3)21(14-17(16)2)22(25)23-15-19-7-9-20(10-8-19)24-11-5-4-6-12-24/h7-10,13-14H,4-6,11-12,15H2,1-3H3,(H,23,25). The quantitative estimate of drug-likeness (QED) is 0.889. The fourth-order valence-electron chi connectivity index (χ4n) is 3.46. The molecule has 0 aromatic heterocycles. The molecule has 1 amide bonds. The number of rotatable bonds is 4. The third kappa shape index (κ3) is 4.22. The van der Waals surface area contributed by atoms with Gasteiger partial charge in [-0.15, -0.1) is 0 Å². The molecule has 3 nitrogen and oxygen atoms in total. The SMILES string of the molecule is Cc1cc(C)c(C(=O)NCc2ccc(N3CCCCC3)cc2)cc1C. The van der Waals surface area contributed by atoms with E-state index in [1.807, 2.05) is 19.9 Å². The second-order valence-electron chi connectivity index (χ2n) is 7.15. The smallest absolute Gasteiger partial charge is 0.251 e. The Bertz CT molecular complexity index is 743. The topological polar surface area (TPSA) is 32.3 Å². The Morgan fingerprint density at radius 2 is 1.56 bits per heavy atom. The molecule has 1 fully saturated rings. The minimum absolute atomic E-state index is 0.000655. The van der Waals surface area contributed by atoms with Gasteiger partial charge in [-0.05, 0) is 80.5 Å². The van der Waals surface area contributed by atoms with Crippen molar-refractivity contribution in [2.24, 2.45) is 0 Å². The van der Waals surface area contributed by atoms with Gasteiger partial charge in [0.15, 0.2) is 0 Å². The third-order valence-corrected chi connectivity index (χ3v) is 5.20. The number of hydrogen-bond donors (Lipinski definition) is 1. The summed E-state index contributed by atoms with van der Waals surface area (Å²) < 4.78 is 0. The van der Waals surface area contributed by atoms with Crippen molar-refractivity contribution in [1.82, 2.24) is 5.32 Å². The minimum Gasteiger partial charge on any atom is -0.372 e. The van der Waals surface area contributed by atoms with Gasteiger partial charge in [0, 0.05) is 30.9 Å². The molecule has 25 heavy (non-hydrogen) atoms. The van der Waals surface area contributed by atoms with E-state index in [1.54, 1.807) is 0 Å². The third-order valence-electron chi connectivity index (χ3n) is 5.20. The van der Waals surface area contributed by atoms with E-state index in [4.69, 9.17) is 0 Å². The molecule has 0 unspecified atom stereocenters. The molecular weight excluding hydrogens is 308 g/mol. The molecule has 0 spiro atoms. The summed E-state index contributed by atoms with van der Waals surface area (Å²) in [5, 5.41) is 3.05. The molecule has 0 radical (unpaired) electrons. The summed E-state index contributed by atoms with van der Waals surface area (Å²) >= 11 is 0. The zero-order valence-corrected chi connectivity index (χ0v) is 15.6. The predicted octanol–water partition coefficient (Wildman–Crippen LogP) is 4.53. The van der Waals surface area contributed by atoms with Gasteiger partial charge in [0.05, 0.1) is 0 Å². The number of carbonyl (C=O) groups is 1. The number of hydrogen-bond acceptors (Lipinski definition) is 2. The Balaban J connectivity index is 1.61. The van der Waals surface area contributed by atoms with Crippen molar-refractivity contribution in [2.45, 2.75) is 46.6 Å². The van der Waals surface area contributed by atoms with Crippen molar-refractivity contribution < 1.29 is 4.79 Å². The van der Waals surface area contributed by atoms with E-state index < -0.39 is 0 Å². The van der Waals surface area contributed by atoms with Crippen LogP contribution < -0.4 is 10.2 Å². The van der Waals surface area contributed by atoms with Gasteiger partial charge in [0.25, 0.3) is 5.91 Å². The van der Waals surface area contributed by atoms with Crippen LogP contribution >= 0.6 is 0 Å². The normalized spacial score (nSPS) is 14.4. The largest absolute Gasteiger partial charge is 0.372 e. The van der Waals surface area contributed by atoms with Gasteiger partial charge in [0.2, 0.25) is 0 Å². The molecule has 3 heteroatoms. The fraction of sp³-hybridized carbons (Fsp3) is 0.409. The van der Waals surface area contributed by atoms with Gasteiger partial charge < -0.3 is 10.2 Å². The van der Waals surface area contributed by atoms with Crippen LogP contribution in [-0.4, -0.2) is 19.0 Å². The monoisotopic (exact) mass is 336 g/mol. The Morgan fingerprint density at radius 1 is 0.920 bits per heavy atom. The molecule has 2 aromatic rings. The van der Waals surface area contributed by atoms with Crippen molar-refractivity contribution in [3.63, 3.8) is 0 Å². The lowest BCUT2D eigenvalue weighted by Gasteiger charge is -2.28. The average molecular weight is 336 g/mol. The Kier molecular flexibility index (Phi) is 5.42. The van der Waals surface area contributed by atoms with Crippen LogP contribution in [0.3, 0.4) is 0 Å². The Labute approximate surface area is 151 Å². The molecule has 0 bridgehead atoms. The number of nitrogens with one attached hydrogen (secondary N) is 1. The summed E-state index contributed by atoms with van der Waals surface area (Å²) in [6, 6.07) is 12.7. The van der Waals surface area contributed by atoms with Gasteiger partial charge in [-0.1, -0.05) is 18.2 Å². The van der Waals surface area contributed by atoms with E-state index in [-0.39, 0.29) is 5.91 Å². The molecular formula is C22H28N2O. The van der Waals surface area contributed by atoms with Crippen molar-refractivity contribution in [1.29, 1.82) is 0 Å². The Morgan fingerprint density at radius 3 is 2.24 bits per heavy atom. The maximum absolute atomic E-state index is 12.5. The van der Waals surface area contributed by atoms with E-state index in [0.29, 0.717) is 6.54 Å². The first-order valence-corrected chi connectivity index (χ1v) is 9.24. The molecule has 1 aliphatic heterocycles. The van der Waals surface area contributed by atoms with Crippen LogP contribution in [0.1, 0.15) is 51.9 Å². The minimum atomic E-state index is 0.000655. The lowest BCUT2D eigenvalue weighted by molar-refractivity contribution is 0.0950. The summed E-state index contributed by atoms with van der Waals surface area (Å²) in [6.07, 6.45) is 3.92. The summed E-state index contributed by atoms with van der Waals surface area (Å²) in [6.45, 7) is 8.99. The van der Waals surface area contributed by atoms with Crippen molar-refractivity contribution in [3.05, 3.63) is 64.2 Å². The number of aryl methyl sites for hydroxylation is 3. The highest BCUT2D eigenvalue weighted by molar-refractivity contribution is 5.95. The second-order valence-corrected chi connectivity index (χ2v) is 7.15. The lowest BCUT2D eigenvalue weighted by atomic mass is 10.0. The van der Waals surface area contributed by atoms with Gasteiger partial charge in [0.1, 0.15) is 0 Å². The number of benzene rings is 2. The molecule has 0 saturated carbocycles. The van der Waals surface area contributed by atoms with Crippen molar-refractivity contribution >= 4 is 11.6 Å². The van der Waals surface area contributed by atoms with Crippen LogP contribution in [0.15, 0.2) is 36.4 Å². The highest BCUT2D eigenvalue weighted by atomic mass is 16.1. The molecule has 1 N–H and O–H groups in total. The van der Waals surface area contributed by atoms with E-state index in [0.717, 1.165) is 35.3 Å². The zero-order chi connectivity index (χ0) is 17.8. The molecule has 0 atom stereocenters. The second kappa shape index (κ2) is 7.73. The number of nitrogens with zero attached hydrogens (tertiary/aromatic N) is 1. The van der Waals surface area contributed by atoms with E-state index >= 15 is 0 Å². The highest BCUT2D eigenvalue weighted by Crippen LogP contribution is 2.20. The molecule has 3 rings (SSSR count). The van der Waals surface area contributed by atoms with E-state index in [2.05, 4.69) is 47.5 Å². The number of piperidine rings is 1. The van der Waals surface area contributed by atoms with Gasteiger partial charge >= 0.3 is 0 Å². The van der Waals surface area contributed by atoms with Crippen LogP contribution in [0, 0.1) is 20.8 Å². The average Bonchev–Trinajstić information content (AvgIpc) is 2.64. The first-order chi connectivity index (χ1) is 12.0. The van der Waals surface area contributed by atoms with Crippen LogP contribution in [-0.2, 0) is 6.54 Å². The van der Waals surface area contributed by atoms with Crippen molar-refractivity contribution in [3.8, 4) is 0 Å². The number of carbonyl (C=O) groups excluding carboxylic acids is 1. The highest BCUT2D eigenvalue weighted by Gasteiger charge is 2.12. The number of anilines is 1. The fourth-order valence-corrected chi connectivity index (χ4v) is 3.46. The molecule has 2 aromatic carbocycles. The van der Waals surface area contributed by atoms with Crippen LogP contribution in [0.25, 0.3) is 0 Å². The molecule has 1 heterocycles. The number of amides is 1. The molecule has 1 aliphatic rings. The van der Waals surface area contributed by atoms with Gasteiger partial charge in [-0.2, -0.15) is 0 Å². The summed E-state index contributed by atoms with van der Waals surface area (Å²) in [5.41, 5.74) is 6.61. The first-order valence-electron chi connectivity index (χ1n) is 9.24. The summed E-state index contributed by atoms with van der Waals surface area (Å²) in [4.78, 5) is 14.9. The maximum Gasteiger partial charge on any atom is 0.251 e. The van der Waals surface area contributed by atoms with Crippen LogP contribution in [0.5, 0.6) is 0 Å². The summed E-state index contributed by atoms with van der Waals surface area (Å²) in [5.74, 6) is 0.000655. The van der Waals surface area contributed by atoms with Crippen molar-refractivity contribution in [2.75, 3.05) is 18.0 Å². The molecule has 132 valence electrons. The molecule has 1 saturated heterocycles. The van der Waals surface area contributed by atoms with Crippen LogP contribution in [0.4, 0.5) is 5.69 Å². The Hall–Kier alpha value is -2.29. The van der Waals surface area contributed by atoms with Gasteiger partial charge in [-0.25, -0.2) is 0 Å². The van der Waals surface area contributed by atoms with E-state index in [9.17, 15) is 4.79 Å². The lowest BCUT2D eigenvalue weighted by Crippen LogP contribution is -2.29. The first kappa shape index (κ1) is 17.5. The summed E-state index contributed by atoms with van der Waals surface area (Å²) in [7, 11) is 0. The maximum atomic E-state index is 12.5. The van der Waals surface area contributed by atoms with Crippen LogP contribution in [0.2, 0.25) is 0 Å². The van der Waals surface area contributed by atoms with E-state index in [1.165, 1.54) is 30.5 Å². The predicted molar refractivity (Wildman–Crippen MR) is 104 cm³/mol. The van der Waals surface area contributed by atoms with Gasteiger partial charge in [-0.3, -0.25) is 4.79 Å². The molecule has 0 aliphatic carbocycles. The zero-order valence-electron chi connectivity index (χ0n) is 15.6.